The van der Waals surface area contributed by atoms with Crippen LogP contribution in [-0.2, 0) is 0 Å². The third-order valence-electron chi connectivity index (χ3n) is 4.50. The Labute approximate surface area is 168 Å². The van der Waals surface area contributed by atoms with Crippen LogP contribution < -0.4 is 18.9 Å². The molecule has 3 aromatic rings. The zero-order chi connectivity index (χ0) is 21.1. The smallest absolute Gasteiger partial charge is 0.244 e. The summed E-state index contributed by atoms with van der Waals surface area (Å²) in [7, 11) is 6.03. The van der Waals surface area contributed by atoms with Crippen LogP contribution >= 0.6 is 0 Å². The Morgan fingerprint density at radius 1 is 0.897 bits per heavy atom. The first-order valence-electron chi connectivity index (χ1n) is 8.71. The lowest BCUT2D eigenvalue weighted by molar-refractivity contribution is 0.0923. The van der Waals surface area contributed by atoms with Crippen LogP contribution in [0.1, 0.15) is 11.7 Å². The van der Waals surface area contributed by atoms with Crippen molar-refractivity contribution in [3.05, 3.63) is 36.5 Å². The Hall–Kier alpha value is -3.68. The number of benzene rings is 2. The number of phenolic OH excluding ortho intramolecular Hbond substituents is 1. The number of phenols is 1. The van der Waals surface area contributed by atoms with Gasteiger partial charge in [-0.25, -0.2) is 0 Å². The summed E-state index contributed by atoms with van der Waals surface area (Å²) >= 11 is 0. The highest BCUT2D eigenvalue weighted by Gasteiger charge is 2.22. The number of carbonyl (C=O) groups excluding carboxylic acids is 1. The molecule has 0 aliphatic heterocycles. The molecule has 1 aromatic heterocycles. The van der Waals surface area contributed by atoms with E-state index in [1.807, 2.05) is 0 Å². The van der Waals surface area contributed by atoms with Crippen molar-refractivity contribution in [2.24, 2.45) is 0 Å². The molecule has 1 heterocycles. The van der Waals surface area contributed by atoms with Gasteiger partial charge in [-0.05, 0) is 29.8 Å². The highest BCUT2D eigenvalue weighted by atomic mass is 16.5. The van der Waals surface area contributed by atoms with E-state index in [9.17, 15) is 9.90 Å². The van der Waals surface area contributed by atoms with Crippen LogP contribution in [0.2, 0.25) is 0 Å². The molecule has 3 rings (SSSR count). The molecule has 0 unspecified atom stereocenters. The molecule has 0 aliphatic carbocycles. The fraction of sp³-hybridized carbons (Fsp3) is 0.238. The predicted octanol–water partition coefficient (Wildman–Crippen LogP) is 3.62. The molecule has 8 heteroatoms. The van der Waals surface area contributed by atoms with Gasteiger partial charge >= 0.3 is 0 Å². The number of hydrogen-bond acceptors (Lipinski definition) is 7. The van der Waals surface area contributed by atoms with Gasteiger partial charge in [0.1, 0.15) is 0 Å². The number of hydrogen-bond donors (Lipinski definition) is 1. The number of carbonyl (C=O) groups is 1. The van der Waals surface area contributed by atoms with Crippen LogP contribution in [0.5, 0.6) is 28.7 Å². The van der Waals surface area contributed by atoms with Crippen molar-refractivity contribution in [1.29, 1.82) is 0 Å². The van der Waals surface area contributed by atoms with Crippen molar-refractivity contribution in [1.82, 2.24) is 9.78 Å². The average molecular weight is 398 g/mol. The first-order chi connectivity index (χ1) is 13.9. The fourth-order valence-electron chi connectivity index (χ4n) is 3.15. The molecule has 29 heavy (non-hydrogen) atoms. The van der Waals surface area contributed by atoms with E-state index >= 15 is 0 Å². The van der Waals surface area contributed by atoms with Gasteiger partial charge in [0.25, 0.3) is 0 Å². The van der Waals surface area contributed by atoms with Crippen molar-refractivity contribution in [2.45, 2.75) is 6.92 Å². The molecular formula is C21H22N2O6. The molecule has 0 radical (unpaired) electrons. The largest absolute Gasteiger partial charge is 0.504 e. The zero-order valence-corrected chi connectivity index (χ0v) is 16.8. The lowest BCUT2D eigenvalue weighted by Crippen LogP contribution is -2.09. The Kier molecular flexibility index (Phi) is 5.63. The van der Waals surface area contributed by atoms with E-state index in [-0.39, 0.29) is 11.7 Å². The molecule has 0 spiro atoms. The summed E-state index contributed by atoms with van der Waals surface area (Å²) in [5, 5.41) is 14.4. The highest BCUT2D eigenvalue weighted by molar-refractivity contribution is 5.90. The zero-order valence-electron chi connectivity index (χ0n) is 16.8. The summed E-state index contributed by atoms with van der Waals surface area (Å²) in [6.45, 7) is 1.42. The molecular weight excluding hydrogens is 376 g/mol. The van der Waals surface area contributed by atoms with Crippen LogP contribution in [-0.4, -0.2) is 49.2 Å². The summed E-state index contributed by atoms with van der Waals surface area (Å²) in [5.41, 5.74) is 2.48. The maximum absolute atomic E-state index is 12.2. The molecule has 0 amide bonds. The first-order valence-corrected chi connectivity index (χ1v) is 8.71. The number of ether oxygens (including phenoxy) is 4. The summed E-state index contributed by atoms with van der Waals surface area (Å²) in [5.74, 6) is 1.40. The molecule has 2 aromatic carbocycles. The molecule has 8 nitrogen and oxygen atoms in total. The lowest BCUT2D eigenvalue weighted by atomic mass is 10.00. The fourth-order valence-corrected chi connectivity index (χ4v) is 3.15. The van der Waals surface area contributed by atoms with Crippen LogP contribution in [0, 0.1) is 0 Å². The number of aromatic hydroxyl groups is 1. The summed E-state index contributed by atoms with van der Waals surface area (Å²) in [4.78, 5) is 12.2. The predicted molar refractivity (Wildman–Crippen MR) is 107 cm³/mol. The third kappa shape index (κ3) is 3.56. The number of rotatable bonds is 6. The number of aromatic nitrogens is 2. The third-order valence-corrected chi connectivity index (χ3v) is 4.50. The van der Waals surface area contributed by atoms with E-state index in [0.717, 1.165) is 0 Å². The van der Waals surface area contributed by atoms with Crippen molar-refractivity contribution in [3.8, 4) is 51.1 Å². The standard InChI is InChI=1S/C21H22N2O6/c1-12(24)23-20(14-9-18(27-3)21(29-5)19(10-14)28-4)15(11-22-23)13-6-7-17(26-2)16(25)8-13/h6-11,25H,1-5H3. The van der Waals surface area contributed by atoms with E-state index in [1.54, 1.807) is 36.5 Å². The van der Waals surface area contributed by atoms with E-state index in [1.165, 1.54) is 40.0 Å². The van der Waals surface area contributed by atoms with Gasteiger partial charge in [-0.2, -0.15) is 9.78 Å². The second-order valence-corrected chi connectivity index (χ2v) is 6.14. The Balaban J connectivity index is 2.28. The second kappa shape index (κ2) is 8.14. The summed E-state index contributed by atoms with van der Waals surface area (Å²) in [6.07, 6.45) is 1.57. The molecule has 0 atom stereocenters. The molecule has 0 saturated heterocycles. The quantitative estimate of drug-likeness (QED) is 0.678. The van der Waals surface area contributed by atoms with E-state index in [2.05, 4.69) is 5.10 Å². The molecule has 0 saturated carbocycles. The minimum atomic E-state index is -0.266. The summed E-state index contributed by atoms with van der Waals surface area (Å²) < 4.78 is 22.6. The maximum atomic E-state index is 12.2. The molecule has 0 aliphatic rings. The van der Waals surface area contributed by atoms with Crippen LogP contribution in [0.25, 0.3) is 22.4 Å². The van der Waals surface area contributed by atoms with E-state index < -0.39 is 0 Å². The minimum Gasteiger partial charge on any atom is -0.504 e. The molecule has 0 bridgehead atoms. The van der Waals surface area contributed by atoms with Gasteiger partial charge in [0.2, 0.25) is 11.7 Å². The van der Waals surface area contributed by atoms with E-state index in [0.29, 0.717) is 45.4 Å². The van der Waals surface area contributed by atoms with E-state index in [4.69, 9.17) is 18.9 Å². The Morgan fingerprint density at radius 3 is 2.00 bits per heavy atom. The molecule has 1 N–H and O–H groups in total. The number of methoxy groups -OCH3 is 4. The van der Waals surface area contributed by atoms with Crippen LogP contribution in [0.4, 0.5) is 0 Å². The average Bonchev–Trinajstić information content (AvgIpc) is 3.18. The van der Waals surface area contributed by atoms with Crippen molar-refractivity contribution < 1.29 is 28.8 Å². The van der Waals surface area contributed by atoms with Crippen molar-refractivity contribution in [2.75, 3.05) is 28.4 Å². The van der Waals surface area contributed by atoms with Gasteiger partial charge in [0.05, 0.1) is 40.3 Å². The SMILES string of the molecule is COc1ccc(-c2cnn(C(C)=O)c2-c2cc(OC)c(OC)c(OC)c2)cc1O. The van der Waals surface area contributed by atoms with Crippen molar-refractivity contribution >= 4 is 5.91 Å². The van der Waals surface area contributed by atoms with Crippen LogP contribution in [0.3, 0.4) is 0 Å². The maximum Gasteiger partial charge on any atom is 0.244 e. The Morgan fingerprint density at radius 2 is 1.52 bits per heavy atom. The van der Waals surface area contributed by atoms with Gasteiger partial charge in [-0.1, -0.05) is 6.07 Å². The minimum absolute atomic E-state index is 0.0172. The molecule has 0 fully saturated rings. The monoisotopic (exact) mass is 398 g/mol. The Bertz CT molecular complexity index is 1030. The second-order valence-electron chi connectivity index (χ2n) is 6.14. The lowest BCUT2D eigenvalue weighted by Gasteiger charge is -2.15. The topological polar surface area (TPSA) is 92.0 Å². The van der Waals surface area contributed by atoms with Gasteiger partial charge < -0.3 is 24.1 Å². The number of nitrogens with zero attached hydrogens (tertiary/aromatic N) is 2. The van der Waals surface area contributed by atoms with Gasteiger partial charge in [-0.3, -0.25) is 4.79 Å². The molecule has 152 valence electrons. The van der Waals surface area contributed by atoms with Crippen molar-refractivity contribution in [3.63, 3.8) is 0 Å². The highest BCUT2D eigenvalue weighted by Crippen LogP contribution is 2.44. The van der Waals surface area contributed by atoms with Gasteiger partial charge in [-0.15, -0.1) is 0 Å². The van der Waals surface area contributed by atoms with Crippen LogP contribution in [0.15, 0.2) is 36.5 Å². The van der Waals surface area contributed by atoms with Gasteiger partial charge in [0.15, 0.2) is 23.0 Å². The normalized spacial score (nSPS) is 10.5. The first kappa shape index (κ1) is 20.1. The van der Waals surface area contributed by atoms with Gasteiger partial charge in [0, 0.05) is 18.1 Å². The summed E-state index contributed by atoms with van der Waals surface area (Å²) in [6, 6.07) is 8.47.